The van der Waals surface area contributed by atoms with Crippen LogP contribution in [0, 0.1) is 17.8 Å². The Labute approximate surface area is 180 Å². The van der Waals surface area contributed by atoms with Gasteiger partial charge >= 0.3 is 5.97 Å². The first-order valence-electron chi connectivity index (χ1n) is 9.83. The first kappa shape index (κ1) is 21.9. The monoisotopic (exact) mass is 447 g/mol. The van der Waals surface area contributed by atoms with Gasteiger partial charge in [0.25, 0.3) is 0 Å². The predicted molar refractivity (Wildman–Crippen MR) is 104 cm³/mol. The molecule has 7 atom stereocenters. The molecule has 11 heteroatoms. The predicted octanol–water partition coefficient (Wildman–Crippen LogP) is -1.18. The van der Waals surface area contributed by atoms with Gasteiger partial charge in [0.15, 0.2) is 11.4 Å². The van der Waals surface area contributed by atoms with E-state index in [1.807, 2.05) is 0 Å². The van der Waals surface area contributed by atoms with Crippen molar-refractivity contribution in [2.45, 2.75) is 37.1 Å². The van der Waals surface area contributed by atoms with Crippen molar-refractivity contribution in [2.24, 2.45) is 23.5 Å². The fourth-order valence-corrected chi connectivity index (χ4v) is 5.48. The van der Waals surface area contributed by atoms with E-state index in [4.69, 9.17) is 5.73 Å². The van der Waals surface area contributed by atoms with Gasteiger partial charge in [0.1, 0.15) is 34.9 Å². The highest BCUT2D eigenvalue weighted by atomic mass is 16.4. The summed E-state index contributed by atoms with van der Waals surface area (Å²) < 4.78 is 0. The molecular weight excluding hydrogens is 426 g/mol. The Morgan fingerprint density at radius 1 is 1.16 bits per heavy atom. The summed E-state index contributed by atoms with van der Waals surface area (Å²) in [5.74, 6) is -11.8. The molecule has 0 aromatic heterocycles. The number of primary amides is 1. The molecule has 2 fully saturated rings. The summed E-state index contributed by atoms with van der Waals surface area (Å²) in [4.78, 5) is 48.9. The number of aliphatic hydroxyl groups excluding tert-OH is 3. The molecular formula is C21H21NO10. The number of nitrogens with two attached hydrogens (primary N) is 1. The molecule has 1 amide bonds. The van der Waals surface area contributed by atoms with Crippen LogP contribution in [0.3, 0.4) is 0 Å². The minimum absolute atomic E-state index is 0.244. The van der Waals surface area contributed by atoms with Crippen molar-refractivity contribution < 1.29 is 49.8 Å². The van der Waals surface area contributed by atoms with Crippen LogP contribution in [0.15, 0.2) is 17.7 Å². The standard InChI is InChI=1S/C21H21NO10/c1-5-6-2-3-7(20(30)31)14(24)11(6)16(26)13-10(5)15(25)8-4-9(23)12(19(22)29)17(27)21(8,32)18(13)28/h2-3,5,8,10,12,15,17,24-27,32H,4H2,1H3,(H2,22,29)(H,30,31)/t5-,8+,10+,12?,15+,17?,21+/m0/s1. The number of phenols is 1. The summed E-state index contributed by atoms with van der Waals surface area (Å²) in [5.41, 5.74) is 1.17. The Morgan fingerprint density at radius 2 is 1.78 bits per heavy atom. The molecule has 0 heterocycles. The lowest BCUT2D eigenvalue weighted by Crippen LogP contribution is -2.71. The van der Waals surface area contributed by atoms with Crippen molar-refractivity contribution in [2.75, 3.05) is 0 Å². The Bertz CT molecular complexity index is 1120. The number of amides is 1. The molecule has 0 radical (unpaired) electrons. The molecule has 4 rings (SSSR count). The number of aromatic carboxylic acids is 1. The maximum Gasteiger partial charge on any atom is 0.339 e. The second-order valence-electron chi connectivity index (χ2n) is 8.55. The molecule has 3 aliphatic carbocycles. The lowest BCUT2D eigenvalue weighted by molar-refractivity contribution is -0.201. The number of aliphatic hydroxyl groups is 4. The van der Waals surface area contributed by atoms with Crippen molar-refractivity contribution >= 4 is 29.2 Å². The van der Waals surface area contributed by atoms with Crippen LogP contribution >= 0.6 is 0 Å². The number of aromatic hydroxyl groups is 1. The van der Waals surface area contributed by atoms with Gasteiger partial charge in [-0.25, -0.2) is 4.79 Å². The second-order valence-corrected chi connectivity index (χ2v) is 8.55. The number of rotatable bonds is 2. The molecule has 0 bridgehead atoms. The van der Waals surface area contributed by atoms with E-state index in [9.17, 15) is 49.8 Å². The van der Waals surface area contributed by atoms with Crippen LogP contribution in [0.5, 0.6) is 5.75 Å². The number of hydrogen-bond acceptors (Lipinski definition) is 9. The second kappa shape index (κ2) is 6.86. The minimum atomic E-state index is -2.82. The zero-order valence-corrected chi connectivity index (χ0v) is 16.7. The third kappa shape index (κ3) is 2.52. The van der Waals surface area contributed by atoms with Crippen LogP contribution in [-0.2, 0) is 14.4 Å². The summed E-state index contributed by atoms with van der Waals surface area (Å²) in [6.07, 6.45) is -4.49. The Hall–Kier alpha value is -3.28. The van der Waals surface area contributed by atoms with Crippen LogP contribution < -0.4 is 5.73 Å². The highest BCUT2D eigenvalue weighted by Gasteiger charge is 2.67. The Balaban J connectivity index is 1.97. The highest BCUT2D eigenvalue weighted by molar-refractivity contribution is 6.13. The zero-order valence-electron chi connectivity index (χ0n) is 16.7. The van der Waals surface area contributed by atoms with Crippen molar-refractivity contribution in [3.63, 3.8) is 0 Å². The van der Waals surface area contributed by atoms with Gasteiger partial charge < -0.3 is 36.4 Å². The largest absolute Gasteiger partial charge is 0.507 e. The van der Waals surface area contributed by atoms with Gasteiger partial charge in [0.2, 0.25) is 5.91 Å². The van der Waals surface area contributed by atoms with Gasteiger partial charge in [-0.2, -0.15) is 0 Å². The van der Waals surface area contributed by atoms with Gasteiger partial charge in [0, 0.05) is 23.8 Å². The quantitative estimate of drug-likeness (QED) is 0.269. The number of carboxylic acids is 1. The number of fused-ring (bicyclic) bond motifs is 3. The van der Waals surface area contributed by atoms with Gasteiger partial charge in [0.05, 0.1) is 11.7 Å². The molecule has 11 nitrogen and oxygen atoms in total. The smallest absolute Gasteiger partial charge is 0.339 e. The number of carboxylic acid groups (broad SMARTS) is 1. The summed E-state index contributed by atoms with van der Waals surface area (Å²) in [7, 11) is 0. The van der Waals surface area contributed by atoms with Gasteiger partial charge in [-0.05, 0) is 17.5 Å². The molecule has 0 saturated heterocycles. The van der Waals surface area contributed by atoms with Crippen molar-refractivity contribution in [3.8, 4) is 5.75 Å². The molecule has 2 saturated carbocycles. The van der Waals surface area contributed by atoms with Crippen molar-refractivity contribution in [1.82, 2.24) is 0 Å². The van der Waals surface area contributed by atoms with Crippen LogP contribution in [0.1, 0.15) is 40.7 Å². The summed E-state index contributed by atoms with van der Waals surface area (Å²) >= 11 is 0. The fraction of sp³-hybridized carbons (Fsp3) is 0.429. The third-order valence-corrected chi connectivity index (χ3v) is 7.09. The number of ketones is 2. The molecule has 2 unspecified atom stereocenters. The number of carbonyl (C=O) groups is 4. The van der Waals surface area contributed by atoms with E-state index in [0.29, 0.717) is 0 Å². The van der Waals surface area contributed by atoms with E-state index in [1.165, 1.54) is 6.07 Å². The number of Topliss-reactive ketones (excluding diaryl/α,β-unsaturated/α-hetero) is 2. The van der Waals surface area contributed by atoms with Crippen molar-refractivity contribution in [1.29, 1.82) is 0 Å². The maximum atomic E-state index is 13.4. The molecule has 0 aliphatic heterocycles. The topological polar surface area (TPSA) is 216 Å². The molecule has 170 valence electrons. The lowest BCUT2D eigenvalue weighted by Gasteiger charge is -2.53. The molecule has 1 aromatic carbocycles. The molecule has 1 aromatic rings. The highest BCUT2D eigenvalue weighted by Crippen LogP contribution is 2.55. The minimum Gasteiger partial charge on any atom is -0.507 e. The fourth-order valence-electron chi connectivity index (χ4n) is 5.48. The molecule has 0 spiro atoms. The van der Waals surface area contributed by atoms with E-state index in [1.54, 1.807) is 6.92 Å². The Morgan fingerprint density at radius 3 is 2.34 bits per heavy atom. The van der Waals surface area contributed by atoms with E-state index in [-0.39, 0.29) is 11.1 Å². The Kier molecular flexibility index (Phi) is 4.70. The van der Waals surface area contributed by atoms with Crippen LogP contribution in [0.2, 0.25) is 0 Å². The van der Waals surface area contributed by atoms with Gasteiger partial charge in [-0.3, -0.25) is 14.4 Å². The first-order valence-corrected chi connectivity index (χ1v) is 9.83. The lowest BCUT2D eigenvalue weighted by atomic mass is 9.53. The van der Waals surface area contributed by atoms with Crippen LogP contribution in [0.25, 0.3) is 5.76 Å². The molecule has 3 aliphatic rings. The zero-order chi connectivity index (χ0) is 23.9. The average Bonchev–Trinajstić information content (AvgIpc) is 2.70. The van der Waals surface area contributed by atoms with E-state index in [2.05, 4.69) is 0 Å². The SMILES string of the molecule is C[C@H]1c2ccc(C(=O)O)c(O)c2C(O)=C2C(=O)[C@]3(O)C(O)C(C(N)=O)C(=O)C[C@@H]3[C@@H](O)[C@@H]21. The maximum absolute atomic E-state index is 13.4. The number of benzene rings is 1. The van der Waals surface area contributed by atoms with Crippen LogP contribution in [-0.4, -0.2) is 71.9 Å². The molecule has 8 N–H and O–H groups in total. The van der Waals surface area contributed by atoms with Crippen LogP contribution in [0.4, 0.5) is 0 Å². The van der Waals surface area contributed by atoms with E-state index in [0.717, 1.165) is 6.07 Å². The number of hydrogen-bond donors (Lipinski definition) is 7. The number of carbonyl (C=O) groups excluding carboxylic acids is 3. The van der Waals surface area contributed by atoms with Crippen molar-refractivity contribution in [3.05, 3.63) is 34.4 Å². The van der Waals surface area contributed by atoms with Gasteiger partial charge in [-0.15, -0.1) is 0 Å². The molecule has 32 heavy (non-hydrogen) atoms. The van der Waals surface area contributed by atoms with E-state index < -0.39 is 94.0 Å². The third-order valence-electron chi connectivity index (χ3n) is 7.09. The summed E-state index contributed by atoms with van der Waals surface area (Å²) in [6.45, 7) is 1.56. The average molecular weight is 447 g/mol. The van der Waals surface area contributed by atoms with E-state index >= 15 is 0 Å². The normalized spacial score (nSPS) is 36.2. The summed E-state index contributed by atoms with van der Waals surface area (Å²) in [5, 5.41) is 63.6. The van der Waals surface area contributed by atoms with Gasteiger partial charge in [-0.1, -0.05) is 13.0 Å². The summed E-state index contributed by atoms with van der Waals surface area (Å²) in [6, 6.07) is 2.45. The first-order chi connectivity index (χ1) is 14.8.